The number of halogens is 2. The summed E-state index contributed by atoms with van der Waals surface area (Å²) < 4.78 is 13.8. The summed E-state index contributed by atoms with van der Waals surface area (Å²) in [6.45, 7) is 2.17. The first-order chi connectivity index (χ1) is 13.1. The average Bonchev–Trinajstić information content (AvgIpc) is 2.67. The van der Waals surface area contributed by atoms with Crippen molar-refractivity contribution in [1.82, 2.24) is 4.90 Å². The number of benzene rings is 3. The minimum atomic E-state index is -0.354. The Morgan fingerprint density at radius 2 is 1.41 bits per heavy atom. The van der Waals surface area contributed by atoms with Gasteiger partial charge in [0.05, 0.1) is 0 Å². The maximum Gasteiger partial charge on any atom is 0.165 e. The predicted octanol–water partition coefficient (Wildman–Crippen LogP) is 5.86. The van der Waals surface area contributed by atoms with Crippen molar-refractivity contribution in [2.45, 2.75) is 19.5 Å². The van der Waals surface area contributed by atoms with E-state index in [4.69, 9.17) is 0 Å². The molecule has 0 aliphatic heterocycles. The van der Waals surface area contributed by atoms with E-state index in [-0.39, 0.29) is 11.6 Å². The van der Waals surface area contributed by atoms with Crippen LogP contribution >= 0.6 is 15.9 Å². The van der Waals surface area contributed by atoms with Gasteiger partial charge in [-0.25, -0.2) is 4.39 Å². The number of hydrogen-bond donors (Lipinski definition) is 0. The molecule has 4 heteroatoms. The highest BCUT2D eigenvalue weighted by Gasteiger charge is 2.14. The number of ketones is 1. The Morgan fingerprint density at radius 3 is 1.93 bits per heavy atom. The van der Waals surface area contributed by atoms with Crippen LogP contribution in [0.25, 0.3) is 0 Å². The van der Waals surface area contributed by atoms with Crippen LogP contribution in [0.3, 0.4) is 0 Å². The van der Waals surface area contributed by atoms with Crippen LogP contribution in [-0.4, -0.2) is 17.2 Å². The van der Waals surface area contributed by atoms with Crippen molar-refractivity contribution in [2.75, 3.05) is 6.54 Å². The lowest BCUT2D eigenvalue weighted by Gasteiger charge is -2.22. The van der Waals surface area contributed by atoms with Crippen molar-refractivity contribution in [1.29, 1.82) is 0 Å². The highest BCUT2D eigenvalue weighted by molar-refractivity contribution is 9.10. The van der Waals surface area contributed by atoms with E-state index < -0.39 is 0 Å². The van der Waals surface area contributed by atoms with Crippen LogP contribution in [0.1, 0.15) is 27.9 Å². The zero-order valence-electron chi connectivity index (χ0n) is 14.9. The Labute approximate surface area is 167 Å². The second kappa shape index (κ2) is 9.58. The second-order valence-corrected chi connectivity index (χ2v) is 7.33. The number of hydrogen-bond acceptors (Lipinski definition) is 2. The number of carbonyl (C=O) groups excluding carboxylic acids is 1. The smallest absolute Gasteiger partial charge is 0.165 e. The molecule has 0 aromatic heterocycles. The molecule has 0 saturated carbocycles. The van der Waals surface area contributed by atoms with E-state index in [1.165, 1.54) is 23.3 Å². The van der Waals surface area contributed by atoms with E-state index in [9.17, 15) is 9.18 Å². The summed E-state index contributed by atoms with van der Waals surface area (Å²) in [6.07, 6.45) is 0.379. The summed E-state index contributed by atoms with van der Waals surface area (Å²) in [7, 11) is 0. The van der Waals surface area contributed by atoms with E-state index in [0.29, 0.717) is 23.0 Å². The fraction of sp³-hybridized carbons (Fsp3) is 0.174. The Morgan fingerprint density at radius 1 is 0.852 bits per heavy atom. The number of Topliss-reactive ketones (excluding diaryl/α,β-unsaturated/α-hetero) is 1. The van der Waals surface area contributed by atoms with Crippen LogP contribution in [0.2, 0.25) is 0 Å². The Balaban J connectivity index is 1.69. The highest BCUT2D eigenvalue weighted by Crippen LogP contribution is 2.20. The molecule has 138 valence electrons. The first-order valence-corrected chi connectivity index (χ1v) is 9.69. The van der Waals surface area contributed by atoms with Crippen LogP contribution < -0.4 is 0 Å². The Bertz CT molecular complexity index is 842. The van der Waals surface area contributed by atoms with Crippen molar-refractivity contribution >= 4 is 21.7 Å². The van der Waals surface area contributed by atoms with Gasteiger partial charge < -0.3 is 0 Å². The Kier molecular flexibility index (Phi) is 6.91. The molecule has 27 heavy (non-hydrogen) atoms. The molecular formula is C23H21BrFNO. The van der Waals surface area contributed by atoms with E-state index in [2.05, 4.69) is 45.1 Å². The fourth-order valence-electron chi connectivity index (χ4n) is 3.01. The van der Waals surface area contributed by atoms with Gasteiger partial charge in [-0.1, -0.05) is 60.7 Å². The SMILES string of the molecule is O=C(CCN(Cc1ccccc1)Cc1ccccc1)c1ccc(F)cc1Br. The summed E-state index contributed by atoms with van der Waals surface area (Å²) in [6, 6.07) is 24.7. The van der Waals surface area contributed by atoms with Gasteiger partial charge in [0.15, 0.2) is 5.78 Å². The van der Waals surface area contributed by atoms with Crippen molar-refractivity contribution in [2.24, 2.45) is 0 Å². The number of nitrogens with zero attached hydrogens (tertiary/aromatic N) is 1. The quantitative estimate of drug-likeness (QED) is 0.421. The predicted molar refractivity (Wildman–Crippen MR) is 110 cm³/mol. The van der Waals surface area contributed by atoms with Crippen LogP contribution in [0, 0.1) is 5.82 Å². The first-order valence-electron chi connectivity index (χ1n) is 8.90. The highest BCUT2D eigenvalue weighted by atomic mass is 79.9. The molecule has 0 saturated heterocycles. The topological polar surface area (TPSA) is 20.3 Å². The van der Waals surface area contributed by atoms with Gasteiger partial charge in [0.2, 0.25) is 0 Å². The lowest BCUT2D eigenvalue weighted by Crippen LogP contribution is -2.25. The molecule has 0 fully saturated rings. The Hall–Kier alpha value is -2.30. The van der Waals surface area contributed by atoms with Crippen molar-refractivity contribution in [3.63, 3.8) is 0 Å². The summed E-state index contributed by atoms with van der Waals surface area (Å²) in [4.78, 5) is 14.9. The maximum absolute atomic E-state index is 13.3. The molecule has 0 radical (unpaired) electrons. The molecule has 2 nitrogen and oxygen atoms in total. The van der Waals surface area contributed by atoms with Gasteiger partial charge in [-0.2, -0.15) is 0 Å². The summed E-state index contributed by atoms with van der Waals surface area (Å²) >= 11 is 3.29. The summed E-state index contributed by atoms with van der Waals surface area (Å²) in [5.74, 6) is -0.346. The number of carbonyl (C=O) groups is 1. The van der Waals surface area contributed by atoms with Gasteiger partial charge in [0.25, 0.3) is 0 Å². The average molecular weight is 426 g/mol. The second-order valence-electron chi connectivity index (χ2n) is 6.48. The maximum atomic E-state index is 13.3. The van der Waals surface area contributed by atoms with Gasteiger partial charge in [0, 0.05) is 36.1 Å². The minimum absolute atomic E-state index is 0.00741. The minimum Gasteiger partial charge on any atom is -0.294 e. The van der Waals surface area contributed by atoms with Gasteiger partial charge >= 0.3 is 0 Å². The lowest BCUT2D eigenvalue weighted by atomic mass is 10.1. The molecule has 3 rings (SSSR count). The summed E-state index contributed by atoms with van der Waals surface area (Å²) in [5.41, 5.74) is 2.95. The molecule has 3 aromatic carbocycles. The number of rotatable bonds is 8. The standard InChI is InChI=1S/C23H21BrFNO/c24-22-15-20(25)11-12-21(22)23(27)13-14-26(16-18-7-3-1-4-8-18)17-19-9-5-2-6-10-19/h1-12,15H,13-14,16-17H2. The summed E-state index contributed by atoms with van der Waals surface area (Å²) in [5, 5.41) is 0. The van der Waals surface area contributed by atoms with E-state index >= 15 is 0 Å². The van der Waals surface area contributed by atoms with E-state index in [0.717, 1.165) is 13.1 Å². The van der Waals surface area contributed by atoms with E-state index in [1.807, 2.05) is 36.4 Å². The van der Waals surface area contributed by atoms with Gasteiger partial charge in [-0.3, -0.25) is 9.69 Å². The zero-order valence-corrected chi connectivity index (χ0v) is 16.5. The van der Waals surface area contributed by atoms with Crippen molar-refractivity contribution in [3.05, 3.63) is 106 Å². The third kappa shape index (κ3) is 5.84. The lowest BCUT2D eigenvalue weighted by molar-refractivity contribution is 0.0959. The van der Waals surface area contributed by atoms with Crippen molar-refractivity contribution in [3.8, 4) is 0 Å². The molecule has 0 bridgehead atoms. The molecule has 0 aliphatic carbocycles. The molecule has 0 N–H and O–H groups in total. The zero-order chi connectivity index (χ0) is 19.1. The van der Waals surface area contributed by atoms with Crippen LogP contribution in [0.4, 0.5) is 4.39 Å². The monoisotopic (exact) mass is 425 g/mol. The van der Waals surface area contributed by atoms with Gasteiger partial charge in [-0.05, 0) is 45.3 Å². The van der Waals surface area contributed by atoms with E-state index in [1.54, 1.807) is 6.07 Å². The largest absolute Gasteiger partial charge is 0.294 e. The van der Waals surface area contributed by atoms with Crippen molar-refractivity contribution < 1.29 is 9.18 Å². The molecule has 0 atom stereocenters. The molecule has 0 heterocycles. The van der Waals surface area contributed by atoms with Gasteiger partial charge in [-0.15, -0.1) is 0 Å². The first kappa shape index (κ1) is 19.5. The van der Waals surface area contributed by atoms with Crippen LogP contribution in [0.5, 0.6) is 0 Å². The van der Waals surface area contributed by atoms with Crippen LogP contribution in [0.15, 0.2) is 83.3 Å². The molecule has 0 amide bonds. The molecular weight excluding hydrogens is 405 g/mol. The molecule has 0 spiro atoms. The van der Waals surface area contributed by atoms with Gasteiger partial charge in [0.1, 0.15) is 5.82 Å². The third-order valence-electron chi connectivity index (χ3n) is 4.38. The molecule has 3 aromatic rings. The van der Waals surface area contributed by atoms with Crippen LogP contribution in [-0.2, 0) is 13.1 Å². The fourth-order valence-corrected chi connectivity index (χ4v) is 3.58. The molecule has 0 aliphatic rings. The molecule has 0 unspecified atom stereocenters. The third-order valence-corrected chi connectivity index (χ3v) is 5.04. The normalized spacial score (nSPS) is 10.9.